The molecule has 6 saturated heterocycles. The van der Waals surface area contributed by atoms with Gasteiger partial charge in [0.15, 0.2) is 0 Å². The van der Waals surface area contributed by atoms with E-state index in [4.69, 9.17) is 63.3 Å². The predicted molar refractivity (Wildman–Crippen MR) is 216 cm³/mol. The molecule has 0 bridgehead atoms. The van der Waals surface area contributed by atoms with Crippen molar-refractivity contribution in [1.29, 1.82) is 0 Å². The van der Waals surface area contributed by atoms with Gasteiger partial charge in [0, 0.05) is 60.9 Å². The van der Waals surface area contributed by atoms with Crippen LogP contribution in [0.15, 0.2) is 27.1 Å². The Morgan fingerprint density at radius 1 is 0.426 bits per heavy atom. The molecule has 0 amide bonds. The predicted octanol–water partition coefficient (Wildman–Crippen LogP) is 10.4. The maximum absolute atomic E-state index is 6.51. The molecule has 54 heavy (non-hydrogen) atoms. The summed E-state index contributed by atoms with van der Waals surface area (Å²) in [5.41, 5.74) is -0.527. The fourth-order valence-electron chi connectivity index (χ4n) is 6.73. The molecule has 6 fully saturated rings. The van der Waals surface area contributed by atoms with E-state index < -0.39 is 45.6 Å². The van der Waals surface area contributed by atoms with Crippen molar-refractivity contribution in [3.8, 4) is 0 Å². The lowest BCUT2D eigenvalue weighted by atomic mass is 9.97. The van der Waals surface area contributed by atoms with E-state index >= 15 is 0 Å². The molecule has 0 aromatic carbocycles. The summed E-state index contributed by atoms with van der Waals surface area (Å²) in [6.07, 6.45) is 3.80. The zero-order chi connectivity index (χ0) is 38.2. The second-order valence-electron chi connectivity index (χ2n) is 18.6. The van der Waals surface area contributed by atoms with E-state index in [1.165, 1.54) is 0 Å². The van der Waals surface area contributed by atoms with E-state index in [9.17, 15) is 0 Å². The van der Waals surface area contributed by atoms with Crippen LogP contribution in [0.2, 0.25) is 0 Å². The van der Waals surface area contributed by atoms with Crippen molar-refractivity contribution in [3.05, 3.63) is 0 Å². The van der Waals surface area contributed by atoms with Gasteiger partial charge >= 0.3 is 30.6 Å². The molecule has 2 unspecified atom stereocenters. The van der Waals surface area contributed by atoms with Gasteiger partial charge in [0.1, 0.15) is 0 Å². The fraction of sp³-hybridized carbons (Fsp3) is 1.00. The number of nitrogens with zero attached hydrogens (tertiary/aromatic N) is 8. The van der Waals surface area contributed by atoms with Crippen molar-refractivity contribution >= 4 is 45.6 Å². The lowest BCUT2D eigenvalue weighted by Crippen LogP contribution is -2.38. The van der Waals surface area contributed by atoms with Gasteiger partial charge in [-0.25, -0.2) is 9.34 Å². The zero-order valence-electron chi connectivity index (χ0n) is 33.3. The average Bonchev–Trinajstić information content (AvgIpc) is 3.11. The Morgan fingerprint density at radius 2 is 0.704 bits per heavy atom. The van der Waals surface area contributed by atoms with Crippen molar-refractivity contribution in [3.63, 3.8) is 0 Å². The normalized spacial score (nSPS) is 37.1. The van der Waals surface area contributed by atoms with Gasteiger partial charge in [-0.2, -0.15) is 18.1 Å². The van der Waals surface area contributed by atoms with Crippen LogP contribution < -0.4 is 10.2 Å². The molecule has 8 aliphatic rings. The van der Waals surface area contributed by atoms with Gasteiger partial charge in [-0.3, -0.25) is 10.2 Å². The van der Waals surface area contributed by atoms with Crippen molar-refractivity contribution in [2.75, 3.05) is 92.1 Å². The first-order chi connectivity index (χ1) is 25.3. The third-order valence-corrected chi connectivity index (χ3v) is 28.7. The molecular formula is C30H62N10O8P6. The van der Waals surface area contributed by atoms with Crippen molar-refractivity contribution < 1.29 is 36.2 Å². The minimum absolute atomic E-state index is 0.132. The maximum atomic E-state index is 6.51. The van der Waals surface area contributed by atoms with E-state index in [1.807, 2.05) is 0 Å². The first-order valence-electron chi connectivity index (χ1n) is 19.3. The van der Waals surface area contributed by atoms with Gasteiger partial charge in [0.2, 0.25) is 15.0 Å². The number of nitrogens with one attached hydrogen (secondary N) is 2. The van der Waals surface area contributed by atoms with Crippen LogP contribution >= 0.6 is 45.6 Å². The van der Waals surface area contributed by atoms with E-state index in [-0.39, 0.29) is 21.7 Å². The van der Waals surface area contributed by atoms with Crippen LogP contribution in [-0.4, -0.2) is 101 Å². The Balaban J connectivity index is 1.05. The Kier molecular flexibility index (Phi) is 11.4. The second kappa shape index (κ2) is 14.8. The summed E-state index contributed by atoms with van der Waals surface area (Å²) < 4.78 is 88.6. The third kappa shape index (κ3) is 8.71. The number of hydrogen-bond acceptors (Lipinski definition) is 18. The van der Waals surface area contributed by atoms with Crippen molar-refractivity contribution in [2.45, 2.75) is 81.1 Å². The van der Waals surface area contributed by atoms with Gasteiger partial charge in [-0.15, -0.1) is 9.03 Å². The summed E-state index contributed by atoms with van der Waals surface area (Å²) >= 11 is 0. The minimum atomic E-state index is -3.03. The van der Waals surface area contributed by atoms with Crippen LogP contribution in [0.5, 0.6) is 0 Å². The molecule has 0 aromatic rings. The van der Waals surface area contributed by atoms with E-state index in [1.54, 1.807) is 0 Å². The molecule has 310 valence electrons. The molecule has 0 radical (unpaired) electrons. The van der Waals surface area contributed by atoms with Gasteiger partial charge in [0.05, 0.1) is 52.9 Å². The Morgan fingerprint density at radius 3 is 1.00 bits per heavy atom. The van der Waals surface area contributed by atoms with Crippen LogP contribution in [0.25, 0.3) is 0 Å². The van der Waals surface area contributed by atoms with Crippen LogP contribution in [0, 0.1) is 21.7 Å². The van der Waals surface area contributed by atoms with Crippen molar-refractivity contribution in [1.82, 2.24) is 19.5 Å². The minimum Gasteiger partial charge on any atom is -0.306 e. The van der Waals surface area contributed by atoms with Gasteiger partial charge in [-0.05, 0) is 25.7 Å². The molecule has 0 aliphatic carbocycles. The van der Waals surface area contributed by atoms with Crippen molar-refractivity contribution in [2.24, 2.45) is 48.8 Å². The first-order valence-corrected chi connectivity index (χ1v) is 28.7. The average molecular weight is 877 g/mol. The zero-order valence-corrected chi connectivity index (χ0v) is 38.6. The third-order valence-electron chi connectivity index (χ3n) is 10.1. The molecule has 24 heteroatoms. The summed E-state index contributed by atoms with van der Waals surface area (Å²) in [4.78, 5) is 0. The van der Waals surface area contributed by atoms with Gasteiger partial charge in [-0.1, -0.05) is 55.4 Å². The SMILES string of the molecule is CC1(C)COP2(=NP3(=NP4(=N2)NCCCN4CCCCN2CCCNP24=NP2(=NP5(=N4)OCC(C)(C)CO5)OCC(C)(C)CO2)OCC(C)(C)CO3)OC1. The highest BCUT2D eigenvalue weighted by Crippen LogP contribution is 2.83. The first kappa shape index (κ1) is 41.6. The molecular weight excluding hydrogens is 814 g/mol. The highest BCUT2D eigenvalue weighted by Gasteiger charge is 2.51. The molecule has 2 atom stereocenters. The lowest BCUT2D eigenvalue weighted by molar-refractivity contribution is 0.0488. The standard InChI is InChI=1S/C30H62N10O8P6/c1-27(2)19-41-51(42-20-27)33-49(34-52(37-51)43-21-28(3,4)22-44-52)31-13-11-17-39(49)15-9-10-16-40-18-12-14-32-50(40)35-53(45-23-29(5,6)24-46-53)38-54(36-50)47-25-30(7,8)26-48-54/h31-32H,9-26H2,1-8H3. The Hall–Kier alpha value is 0.900. The van der Waals surface area contributed by atoms with E-state index in [0.29, 0.717) is 52.9 Å². The second-order valence-corrected chi connectivity index (χ2v) is 32.9. The monoisotopic (exact) mass is 876 g/mol. The summed E-state index contributed by atoms with van der Waals surface area (Å²) in [5.74, 6) is 0. The van der Waals surface area contributed by atoms with E-state index in [2.05, 4.69) is 74.9 Å². The largest absolute Gasteiger partial charge is 0.347 e. The highest BCUT2D eigenvalue weighted by molar-refractivity contribution is 7.81. The molecule has 8 aliphatic heterocycles. The van der Waals surface area contributed by atoms with Crippen LogP contribution in [0.1, 0.15) is 81.1 Å². The van der Waals surface area contributed by atoms with Crippen LogP contribution in [0.3, 0.4) is 0 Å². The van der Waals surface area contributed by atoms with Gasteiger partial charge in [0.25, 0.3) is 0 Å². The molecule has 0 saturated carbocycles. The number of hydrogen-bond donors (Lipinski definition) is 2. The summed E-state index contributed by atoms with van der Waals surface area (Å²) in [6, 6.07) is 0. The molecule has 8 rings (SSSR count). The smallest absolute Gasteiger partial charge is 0.306 e. The van der Waals surface area contributed by atoms with Gasteiger partial charge < -0.3 is 36.2 Å². The fourth-order valence-corrected chi connectivity index (χ4v) is 30.4. The van der Waals surface area contributed by atoms with E-state index in [0.717, 1.165) is 65.0 Å². The topological polar surface area (TPSA) is 179 Å². The number of rotatable bonds is 5. The molecule has 18 nitrogen and oxygen atoms in total. The molecule has 6 spiro atoms. The summed E-state index contributed by atoms with van der Waals surface area (Å²) in [6.45, 7) is 26.0. The molecule has 0 aromatic heterocycles. The molecule has 2 N–H and O–H groups in total. The maximum Gasteiger partial charge on any atom is 0.347 e. The summed E-state index contributed by atoms with van der Waals surface area (Å²) in [7, 11) is -17.5. The quantitative estimate of drug-likeness (QED) is 0.198. The van der Waals surface area contributed by atoms with Crippen LogP contribution in [0.4, 0.5) is 0 Å². The Bertz CT molecular complexity index is 1610. The number of unbranched alkanes of at least 4 members (excludes halogenated alkanes) is 1. The highest BCUT2D eigenvalue weighted by atomic mass is 31.3. The summed E-state index contributed by atoms with van der Waals surface area (Å²) in [5, 5.41) is 7.52. The lowest BCUT2D eigenvalue weighted by Gasteiger charge is -2.46. The molecule has 8 heterocycles. The van der Waals surface area contributed by atoms with Crippen LogP contribution in [-0.2, 0) is 36.2 Å². The Labute approximate surface area is 322 Å².